The van der Waals surface area contributed by atoms with Crippen molar-refractivity contribution in [3.8, 4) is 0 Å². The highest BCUT2D eigenvalue weighted by molar-refractivity contribution is 9.09. The highest BCUT2D eigenvalue weighted by atomic mass is 79.9. The molecular weight excluding hydrogens is 232 g/mol. The molecule has 0 amide bonds. The first-order valence-corrected chi connectivity index (χ1v) is 6.14. The average Bonchev–Trinajstić information content (AvgIpc) is 2.19. The SMILES string of the molecule is O=C(CBr)CCOC1CCCCC1. The number of halogens is 1. The molecule has 1 aliphatic rings. The van der Waals surface area contributed by atoms with E-state index in [4.69, 9.17) is 4.74 Å². The molecule has 1 rings (SSSR count). The van der Waals surface area contributed by atoms with Crippen LogP contribution in [-0.2, 0) is 9.53 Å². The van der Waals surface area contributed by atoms with E-state index in [0.29, 0.717) is 24.5 Å². The Balaban J connectivity index is 2.01. The molecule has 0 radical (unpaired) electrons. The minimum Gasteiger partial charge on any atom is -0.378 e. The van der Waals surface area contributed by atoms with Crippen LogP contribution in [0.25, 0.3) is 0 Å². The van der Waals surface area contributed by atoms with E-state index in [1.165, 1.54) is 32.1 Å². The number of carbonyl (C=O) groups is 1. The van der Waals surface area contributed by atoms with Crippen LogP contribution in [0.2, 0.25) is 0 Å². The zero-order chi connectivity index (χ0) is 9.52. The summed E-state index contributed by atoms with van der Waals surface area (Å²) in [6.45, 7) is 0.606. The number of ether oxygens (including phenoxy) is 1. The maximum atomic E-state index is 10.9. The van der Waals surface area contributed by atoms with Crippen molar-refractivity contribution in [2.75, 3.05) is 11.9 Å². The van der Waals surface area contributed by atoms with Crippen LogP contribution < -0.4 is 0 Å². The van der Waals surface area contributed by atoms with Crippen LogP contribution >= 0.6 is 15.9 Å². The van der Waals surface area contributed by atoms with Crippen LogP contribution in [0.5, 0.6) is 0 Å². The Kier molecular flexibility index (Phi) is 5.63. The maximum absolute atomic E-state index is 10.9. The molecule has 76 valence electrons. The first-order chi connectivity index (χ1) is 6.33. The molecule has 0 atom stereocenters. The van der Waals surface area contributed by atoms with E-state index in [1.54, 1.807) is 0 Å². The van der Waals surface area contributed by atoms with E-state index < -0.39 is 0 Å². The van der Waals surface area contributed by atoms with E-state index in [1.807, 2.05) is 0 Å². The summed E-state index contributed by atoms with van der Waals surface area (Å²) in [5.41, 5.74) is 0. The fraction of sp³-hybridized carbons (Fsp3) is 0.900. The smallest absolute Gasteiger partial charge is 0.145 e. The summed E-state index contributed by atoms with van der Waals surface area (Å²) < 4.78 is 5.61. The van der Waals surface area contributed by atoms with Crippen molar-refractivity contribution in [2.45, 2.75) is 44.6 Å². The van der Waals surface area contributed by atoms with Crippen LogP contribution in [0.3, 0.4) is 0 Å². The van der Waals surface area contributed by atoms with Gasteiger partial charge in [-0.3, -0.25) is 4.79 Å². The summed E-state index contributed by atoms with van der Waals surface area (Å²) in [6, 6.07) is 0. The van der Waals surface area contributed by atoms with Crippen molar-refractivity contribution >= 4 is 21.7 Å². The second-order valence-electron chi connectivity index (χ2n) is 3.55. The molecule has 0 aliphatic heterocycles. The van der Waals surface area contributed by atoms with Gasteiger partial charge in [0, 0.05) is 6.42 Å². The molecule has 0 spiro atoms. The van der Waals surface area contributed by atoms with Crippen LogP contribution in [0.1, 0.15) is 38.5 Å². The molecule has 13 heavy (non-hydrogen) atoms. The largest absolute Gasteiger partial charge is 0.378 e. The highest BCUT2D eigenvalue weighted by Crippen LogP contribution is 2.20. The summed E-state index contributed by atoms with van der Waals surface area (Å²) >= 11 is 3.14. The van der Waals surface area contributed by atoms with Crippen LogP contribution in [-0.4, -0.2) is 23.8 Å². The molecule has 0 heterocycles. The van der Waals surface area contributed by atoms with Gasteiger partial charge in [0.1, 0.15) is 5.78 Å². The van der Waals surface area contributed by atoms with Gasteiger partial charge < -0.3 is 4.74 Å². The quantitative estimate of drug-likeness (QED) is 0.700. The summed E-state index contributed by atoms with van der Waals surface area (Å²) in [5, 5.41) is 0.459. The van der Waals surface area contributed by atoms with Crippen molar-refractivity contribution in [1.82, 2.24) is 0 Å². The lowest BCUT2D eigenvalue weighted by Gasteiger charge is -2.21. The predicted molar refractivity (Wildman–Crippen MR) is 56.2 cm³/mol. The molecule has 0 unspecified atom stereocenters. The fourth-order valence-corrected chi connectivity index (χ4v) is 1.92. The Morgan fingerprint density at radius 3 is 2.62 bits per heavy atom. The Hall–Kier alpha value is 0.110. The lowest BCUT2D eigenvalue weighted by atomic mass is 9.98. The van der Waals surface area contributed by atoms with Gasteiger partial charge >= 0.3 is 0 Å². The van der Waals surface area contributed by atoms with E-state index in [-0.39, 0.29) is 5.78 Å². The molecule has 0 N–H and O–H groups in total. The van der Waals surface area contributed by atoms with Crippen molar-refractivity contribution < 1.29 is 9.53 Å². The Morgan fingerprint density at radius 2 is 2.00 bits per heavy atom. The topological polar surface area (TPSA) is 26.3 Å². The first kappa shape index (κ1) is 11.2. The predicted octanol–water partition coefficient (Wildman–Crippen LogP) is 2.69. The van der Waals surface area contributed by atoms with Crippen molar-refractivity contribution in [1.29, 1.82) is 0 Å². The zero-order valence-corrected chi connectivity index (χ0v) is 9.51. The molecular formula is C10H17BrO2. The standard InChI is InChI=1S/C10H17BrO2/c11-8-9(12)6-7-13-10-4-2-1-3-5-10/h10H,1-8H2. The van der Waals surface area contributed by atoms with Crippen LogP contribution in [0, 0.1) is 0 Å². The van der Waals surface area contributed by atoms with Gasteiger partial charge in [0.05, 0.1) is 18.0 Å². The number of ketones is 1. The van der Waals surface area contributed by atoms with E-state index in [0.717, 1.165) is 0 Å². The lowest BCUT2D eigenvalue weighted by Crippen LogP contribution is -2.18. The van der Waals surface area contributed by atoms with Crippen molar-refractivity contribution in [3.05, 3.63) is 0 Å². The van der Waals surface area contributed by atoms with Gasteiger partial charge in [-0.25, -0.2) is 0 Å². The van der Waals surface area contributed by atoms with Crippen LogP contribution in [0.15, 0.2) is 0 Å². The Bertz CT molecular complexity index is 153. The number of hydrogen-bond donors (Lipinski definition) is 0. The highest BCUT2D eigenvalue weighted by Gasteiger charge is 2.13. The summed E-state index contributed by atoms with van der Waals surface area (Å²) in [6.07, 6.45) is 7.28. The molecule has 0 aromatic carbocycles. The van der Waals surface area contributed by atoms with Gasteiger partial charge in [0.2, 0.25) is 0 Å². The van der Waals surface area contributed by atoms with E-state index >= 15 is 0 Å². The molecule has 0 aromatic rings. The van der Waals surface area contributed by atoms with E-state index in [2.05, 4.69) is 15.9 Å². The van der Waals surface area contributed by atoms with Gasteiger partial charge in [-0.15, -0.1) is 0 Å². The number of rotatable bonds is 5. The van der Waals surface area contributed by atoms with Gasteiger partial charge in [0.25, 0.3) is 0 Å². The average molecular weight is 249 g/mol. The molecule has 1 saturated carbocycles. The van der Waals surface area contributed by atoms with Gasteiger partial charge in [-0.2, -0.15) is 0 Å². The van der Waals surface area contributed by atoms with Gasteiger partial charge in [-0.05, 0) is 12.8 Å². The Labute approximate surface area is 88.2 Å². The summed E-state index contributed by atoms with van der Waals surface area (Å²) in [7, 11) is 0. The second kappa shape index (κ2) is 6.55. The fourth-order valence-electron chi connectivity index (χ4n) is 1.64. The molecule has 0 aromatic heterocycles. The second-order valence-corrected chi connectivity index (χ2v) is 4.11. The lowest BCUT2D eigenvalue weighted by molar-refractivity contribution is -0.118. The van der Waals surface area contributed by atoms with Crippen molar-refractivity contribution in [2.24, 2.45) is 0 Å². The number of carbonyl (C=O) groups excluding carboxylic acids is 1. The van der Waals surface area contributed by atoms with Crippen LogP contribution in [0.4, 0.5) is 0 Å². The molecule has 3 heteroatoms. The zero-order valence-electron chi connectivity index (χ0n) is 7.93. The monoisotopic (exact) mass is 248 g/mol. The third-order valence-corrected chi connectivity index (χ3v) is 3.06. The first-order valence-electron chi connectivity index (χ1n) is 5.02. The number of Topliss-reactive ketones (excluding diaryl/α,β-unsaturated/α-hetero) is 1. The normalized spacial score (nSPS) is 18.8. The maximum Gasteiger partial charge on any atom is 0.145 e. The van der Waals surface area contributed by atoms with E-state index in [9.17, 15) is 4.79 Å². The summed E-state index contributed by atoms with van der Waals surface area (Å²) in [4.78, 5) is 10.9. The van der Waals surface area contributed by atoms with Crippen molar-refractivity contribution in [3.63, 3.8) is 0 Å². The molecule has 0 bridgehead atoms. The van der Waals surface area contributed by atoms with Gasteiger partial charge in [0.15, 0.2) is 0 Å². The van der Waals surface area contributed by atoms with Gasteiger partial charge in [-0.1, -0.05) is 35.2 Å². The molecule has 2 nitrogen and oxygen atoms in total. The molecule has 0 saturated heterocycles. The Morgan fingerprint density at radius 1 is 1.31 bits per heavy atom. The number of alkyl halides is 1. The third kappa shape index (κ3) is 4.77. The molecule has 1 aliphatic carbocycles. The molecule has 1 fully saturated rings. The minimum atomic E-state index is 0.232. The minimum absolute atomic E-state index is 0.232. The summed E-state index contributed by atoms with van der Waals surface area (Å²) in [5.74, 6) is 0.232. The number of hydrogen-bond acceptors (Lipinski definition) is 2. The third-order valence-electron chi connectivity index (χ3n) is 2.44.